The number of fused-ring (bicyclic) bond motifs is 14. The number of nitrogens with zero attached hydrogens (tertiary/aromatic N) is 1. The molecule has 0 amide bonds. The highest BCUT2D eigenvalue weighted by Crippen LogP contribution is 2.65. The van der Waals surface area contributed by atoms with Crippen molar-refractivity contribution in [3.63, 3.8) is 0 Å². The Kier molecular flexibility index (Phi) is 5.91. The number of anilines is 3. The molecule has 232 valence electrons. The molecule has 49 heavy (non-hydrogen) atoms. The molecule has 0 saturated heterocycles. The quantitative estimate of drug-likeness (QED) is 0.189. The molecule has 0 aromatic heterocycles. The van der Waals surface area contributed by atoms with Crippen LogP contribution in [0.15, 0.2) is 158 Å². The van der Waals surface area contributed by atoms with Crippen molar-refractivity contribution in [2.75, 3.05) is 4.90 Å². The average Bonchev–Trinajstić information content (AvgIpc) is 3.60. The highest BCUT2D eigenvalue weighted by Gasteiger charge is 2.53. The van der Waals surface area contributed by atoms with Gasteiger partial charge in [0.05, 0.1) is 5.41 Å². The summed E-state index contributed by atoms with van der Waals surface area (Å²) in [6.45, 7) is 6.59. The summed E-state index contributed by atoms with van der Waals surface area (Å²) in [4.78, 5) is 2.43. The van der Waals surface area contributed by atoms with Crippen molar-refractivity contribution in [1.29, 1.82) is 0 Å². The smallest absolute Gasteiger partial charge is 0.0737 e. The lowest BCUT2D eigenvalue weighted by Crippen LogP contribution is -2.26. The first-order chi connectivity index (χ1) is 24.0. The molecule has 0 bridgehead atoms. The standard InChI is InChI=1S/C48H35N/c1-30-26-31(2)28-36(27-30)49(45-19-11-4-12-32(45)3)35-22-25-38-34(29-35)21-24-42-41-23-20-33-13-5-6-14-37(33)46(41)48(47(38)42)43-17-9-7-15-39(43)40-16-8-10-18-44(40)48/h4-29H,1-3H3. The second-order valence-corrected chi connectivity index (χ2v) is 13.9. The van der Waals surface area contributed by atoms with Crippen LogP contribution < -0.4 is 4.90 Å². The van der Waals surface area contributed by atoms with Crippen LogP contribution in [0.25, 0.3) is 43.8 Å². The summed E-state index contributed by atoms with van der Waals surface area (Å²) in [5, 5.41) is 5.16. The maximum absolute atomic E-state index is 2.43. The van der Waals surface area contributed by atoms with Crippen molar-refractivity contribution >= 4 is 38.6 Å². The van der Waals surface area contributed by atoms with E-state index in [0.29, 0.717) is 0 Å². The number of rotatable bonds is 3. The Balaban J connectivity index is 1.30. The molecular weight excluding hydrogens is 591 g/mol. The van der Waals surface area contributed by atoms with Crippen LogP contribution in [0.5, 0.6) is 0 Å². The van der Waals surface area contributed by atoms with Gasteiger partial charge >= 0.3 is 0 Å². The Morgan fingerprint density at radius 2 is 0.980 bits per heavy atom. The average molecular weight is 626 g/mol. The van der Waals surface area contributed by atoms with E-state index in [4.69, 9.17) is 0 Å². The molecule has 0 atom stereocenters. The van der Waals surface area contributed by atoms with Crippen LogP contribution in [0.3, 0.4) is 0 Å². The molecule has 0 saturated carbocycles. The van der Waals surface area contributed by atoms with Crippen molar-refractivity contribution < 1.29 is 0 Å². The maximum Gasteiger partial charge on any atom is 0.0737 e. The van der Waals surface area contributed by atoms with E-state index < -0.39 is 5.41 Å². The number of para-hydroxylation sites is 1. The number of hydrogen-bond donors (Lipinski definition) is 0. The fraction of sp³-hybridized carbons (Fsp3) is 0.0833. The van der Waals surface area contributed by atoms with Crippen molar-refractivity contribution in [1.82, 2.24) is 0 Å². The van der Waals surface area contributed by atoms with Crippen LogP contribution in [-0.4, -0.2) is 0 Å². The molecule has 2 aliphatic rings. The van der Waals surface area contributed by atoms with Crippen molar-refractivity contribution in [3.8, 4) is 22.3 Å². The van der Waals surface area contributed by atoms with Crippen LogP contribution in [0, 0.1) is 20.8 Å². The first kappa shape index (κ1) is 28.1. The van der Waals surface area contributed by atoms with Gasteiger partial charge in [0.15, 0.2) is 0 Å². The molecule has 1 heteroatoms. The third kappa shape index (κ3) is 3.82. The first-order valence-electron chi connectivity index (χ1n) is 17.3. The second kappa shape index (κ2) is 10.3. The molecule has 0 heterocycles. The fourth-order valence-corrected chi connectivity index (χ4v) is 9.20. The Morgan fingerprint density at radius 3 is 1.67 bits per heavy atom. The summed E-state index contributed by atoms with van der Waals surface area (Å²) in [7, 11) is 0. The zero-order valence-corrected chi connectivity index (χ0v) is 28.0. The van der Waals surface area contributed by atoms with E-state index in [0.717, 1.165) is 5.69 Å². The molecule has 0 aliphatic heterocycles. The number of benzene rings is 8. The first-order valence-corrected chi connectivity index (χ1v) is 17.3. The van der Waals surface area contributed by atoms with E-state index >= 15 is 0 Å². The van der Waals surface area contributed by atoms with Gasteiger partial charge in [-0.1, -0.05) is 127 Å². The summed E-state index contributed by atoms with van der Waals surface area (Å²) in [6, 6.07) is 59.3. The van der Waals surface area contributed by atoms with Crippen molar-refractivity contribution in [2.24, 2.45) is 0 Å². The minimum Gasteiger partial charge on any atom is -0.310 e. The van der Waals surface area contributed by atoms with Gasteiger partial charge in [0, 0.05) is 17.1 Å². The minimum absolute atomic E-state index is 0.427. The molecule has 0 radical (unpaired) electrons. The Labute approximate surface area is 287 Å². The maximum atomic E-state index is 2.43. The van der Waals surface area contributed by atoms with Gasteiger partial charge in [0.25, 0.3) is 0 Å². The van der Waals surface area contributed by atoms with Gasteiger partial charge < -0.3 is 4.90 Å². The largest absolute Gasteiger partial charge is 0.310 e. The van der Waals surface area contributed by atoms with Crippen molar-refractivity contribution in [3.05, 3.63) is 197 Å². The molecule has 0 N–H and O–H groups in total. The van der Waals surface area contributed by atoms with Crippen LogP contribution >= 0.6 is 0 Å². The lowest BCUT2D eigenvalue weighted by Gasteiger charge is -2.33. The SMILES string of the molecule is Cc1cc(C)cc(N(c2ccc3c4c(ccc3c2)-c2ccc3ccccc3c2C42c3ccccc3-c3ccccc32)c2ccccc2C)c1. The predicted octanol–water partition coefficient (Wildman–Crippen LogP) is 12.7. The minimum atomic E-state index is -0.427. The van der Waals surface area contributed by atoms with Crippen LogP contribution in [0.1, 0.15) is 38.9 Å². The Hall–Kier alpha value is -5.92. The zero-order chi connectivity index (χ0) is 32.9. The molecule has 1 spiro atoms. The summed E-state index contributed by atoms with van der Waals surface area (Å²) >= 11 is 0. The van der Waals surface area contributed by atoms with E-state index in [1.807, 2.05) is 0 Å². The fourth-order valence-electron chi connectivity index (χ4n) is 9.20. The van der Waals surface area contributed by atoms with E-state index in [1.165, 1.54) is 94.1 Å². The topological polar surface area (TPSA) is 3.24 Å². The summed E-state index contributed by atoms with van der Waals surface area (Å²) in [5.74, 6) is 0. The van der Waals surface area contributed by atoms with Gasteiger partial charge in [-0.25, -0.2) is 0 Å². The summed E-state index contributed by atoms with van der Waals surface area (Å²) < 4.78 is 0. The van der Waals surface area contributed by atoms with E-state index in [1.54, 1.807) is 0 Å². The van der Waals surface area contributed by atoms with E-state index in [2.05, 4.69) is 183 Å². The molecule has 10 rings (SSSR count). The highest BCUT2D eigenvalue weighted by atomic mass is 15.1. The lowest BCUT2D eigenvalue weighted by atomic mass is 9.68. The van der Waals surface area contributed by atoms with Crippen molar-refractivity contribution in [2.45, 2.75) is 26.2 Å². The van der Waals surface area contributed by atoms with Gasteiger partial charge in [-0.05, 0) is 134 Å². The third-order valence-corrected chi connectivity index (χ3v) is 11.0. The number of hydrogen-bond acceptors (Lipinski definition) is 1. The number of aryl methyl sites for hydroxylation is 3. The summed E-state index contributed by atoms with van der Waals surface area (Å²) in [5.41, 5.74) is 17.8. The van der Waals surface area contributed by atoms with Gasteiger partial charge in [0.1, 0.15) is 0 Å². The molecule has 1 nitrogen and oxygen atoms in total. The predicted molar refractivity (Wildman–Crippen MR) is 207 cm³/mol. The molecular formula is C48H35N. The Bertz CT molecular complexity index is 2590. The van der Waals surface area contributed by atoms with Gasteiger partial charge in [-0.15, -0.1) is 0 Å². The highest BCUT2D eigenvalue weighted by molar-refractivity contribution is 6.09. The van der Waals surface area contributed by atoms with Crippen LogP contribution in [0.2, 0.25) is 0 Å². The third-order valence-electron chi connectivity index (χ3n) is 11.0. The second-order valence-electron chi connectivity index (χ2n) is 13.9. The molecule has 0 unspecified atom stereocenters. The zero-order valence-electron chi connectivity index (χ0n) is 28.0. The van der Waals surface area contributed by atoms with Gasteiger partial charge in [0.2, 0.25) is 0 Å². The summed E-state index contributed by atoms with van der Waals surface area (Å²) in [6.07, 6.45) is 0. The molecule has 8 aromatic carbocycles. The normalized spacial score (nSPS) is 13.4. The van der Waals surface area contributed by atoms with Gasteiger partial charge in [-0.2, -0.15) is 0 Å². The monoisotopic (exact) mass is 625 g/mol. The van der Waals surface area contributed by atoms with E-state index in [9.17, 15) is 0 Å². The van der Waals surface area contributed by atoms with Gasteiger partial charge in [-0.3, -0.25) is 0 Å². The lowest BCUT2D eigenvalue weighted by molar-refractivity contribution is 0.809. The molecule has 8 aromatic rings. The van der Waals surface area contributed by atoms with Crippen LogP contribution in [-0.2, 0) is 5.41 Å². The van der Waals surface area contributed by atoms with Crippen LogP contribution in [0.4, 0.5) is 17.1 Å². The molecule has 0 fully saturated rings. The molecule has 2 aliphatic carbocycles. The Morgan fingerprint density at radius 1 is 0.408 bits per heavy atom. The van der Waals surface area contributed by atoms with E-state index in [-0.39, 0.29) is 0 Å².